The van der Waals surface area contributed by atoms with E-state index in [1.165, 1.54) is 6.42 Å². The fraction of sp³-hybridized carbons (Fsp3) is 1.00. The third-order valence-electron chi connectivity index (χ3n) is 6.49. The van der Waals surface area contributed by atoms with E-state index < -0.39 is 42.7 Å². The average Bonchev–Trinajstić information content (AvgIpc) is 2.81. The van der Waals surface area contributed by atoms with Gasteiger partial charge in [0, 0.05) is 26.2 Å². The molecule has 1 unspecified atom stereocenters. The van der Waals surface area contributed by atoms with Crippen molar-refractivity contribution in [1.82, 2.24) is 0 Å². The second kappa shape index (κ2) is 15.1. The molecule has 13 heteroatoms. The van der Waals surface area contributed by atoms with Crippen molar-refractivity contribution in [3.63, 3.8) is 0 Å². The summed E-state index contributed by atoms with van der Waals surface area (Å²) in [5, 5.41) is 0. The summed E-state index contributed by atoms with van der Waals surface area (Å²) < 4.78 is 154. The largest absolute Gasteiger partial charge is 0.460 e. The Morgan fingerprint density at radius 2 is 1.08 bits per heavy atom. The van der Waals surface area contributed by atoms with Gasteiger partial charge in [0.2, 0.25) is 0 Å². The van der Waals surface area contributed by atoms with Crippen LogP contribution in [-0.4, -0.2) is 55.8 Å². The van der Waals surface area contributed by atoms with Crippen LogP contribution in [0.2, 0.25) is 0 Å². The van der Waals surface area contributed by atoms with Crippen molar-refractivity contribution in [2.45, 2.75) is 132 Å². The Bertz CT molecular complexity index is 618. The molecule has 0 saturated carbocycles. The predicted octanol–water partition coefficient (Wildman–Crippen LogP) is 9.36. The number of halogens is 11. The summed E-state index contributed by atoms with van der Waals surface area (Å²) in [6.45, 7) is 2.17. The zero-order chi connectivity index (χ0) is 28.2. The van der Waals surface area contributed by atoms with Crippen molar-refractivity contribution < 1.29 is 57.8 Å². The van der Waals surface area contributed by atoms with Crippen molar-refractivity contribution in [2.75, 3.05) is 19.8 Å². The average molecular weight is 567 g/mol. The van der Waals surface area contributed by atoms with Crippen LogP contribution >= 0.6 is 0 Å². The maximum absolute atomic E-state index is 13.6. The molecular formula is C24H37F11O2. The van der Waals surface area contributed by atoms with Gasteiger partial charge in [0.1, 0.15) is 0 Å². The zero-order valence-electron chi connectivity index (χ0n) is 20.8. The van der Waals surface area contributed by atoms with Crippen molar-refractivity contribution in [3.8, 4) is 0 Å². The fourth-order valence-corrected chi connectivity index (χ4v) is 4.08. The minimum Gasteiger partial charge on any atom is -0.381 e. The lowest BCUT2D eigenvalue weighted by atomic mass is 9.94. The van der Waals surface area contributed by atoms with E-state index in [1.807, 2.05) is 0 Å². The summed E-state index contributed by atoms with van der Waals surface area (Å²) >= 11 is 0. The molecule has 0 aromatic heterocycles. The van der Waals surface area contributed by atoms with Crippen LogP contribution in [-0.2, 0) is 9.47 Å². The van der Waals surface area contributed by atoms with Gasteiger partial charge >= 0.3 is 29.9 Å². The van der Waals surface area contributed by atoms with Crippen molar-refractivity contribution in [2.24, 2.45) is 0 Å². The van der Waals surface area contributed by atoms with E-state index in [9.17, 15) is 48.3 Å². The molecule has 1 saturated heterocycles. The van der Waals surface area contributed by atoms with Gasteiger partial charge in [-0.05, 0) is 38.5 Å². The van der Waals surface area contributed by atoms with Crippen LogP contribution in [0.25, 0.3) is 0 Å². The minimum atomic E-state index is -7.32. The predicted molar refractivity (Wildman–Crippen MR) is 116 cm³/mol. The molecule has 0 N–H and O–H groups in total. The lowest BCUT2D eigenvalue weighted by Crippen LogP contribution is -2.66. The highest BCUT2D eigenvalue weighted by Gasteiger charge is 2.86. The lowest BCUT2D eigenvalue weighted by molar-refractivity contribution is -0.422. The van der Waals surface area contributed by atoms with Gasteiger partial charge in [-0.1, -0.05) is 51.4 Å². The lowest BCUT2D eigenvalue weighted by Gasteiger charge is -2.37. The first-order valence-corrected chi connectivity index (χ1v) is 12.9. The van der Waals surface area contributed by atoms with Crippen molar-refractivity contribution in [3.05, 3.63) is 0 Å². The van der Waals surface area contributed by atoms with Gasteiger partial charge < -0.3 is 9.47 Å². The molecule has 1 fully saturated rings. The van der Waals surface area contributed by atoms with Gasteiger partial charge in [0.25, 0.3) is 0 Å². The highest BCUT2D eigenvalue weighted by molar-refractivity contribution is 5.06. The van der Waals surface area contributed by atoms with Crippen LogP contribution in [0.3, 0.4) is 0 Å². The first kappa shape index (κ1) is 34.2. The fourth-order valence-electron chi connectivity index (χ4n) is 4.08. The molecular weight excluding hydrogens is 529 g/mol. The molecule has 2 nitrogen and oxygen atoms in total. The highest BCUT2D eigenvalue weighted by atomic mass is 19.4. The smallest absolute Gasteiger partial charge is 0.381 e. The van der Waals surface area contributed by atoms with Crippen LogP contribution in [0, 0.1) is 0 Å². The number of alkyl halides is 11. The van der Waals surface area contributed by atoms with E-state index in [2.05, 4.69) is 0 Å². The minimum absolute atomic E-state index is 0.0733. The van der Waals surface area contributed by atoms with Crippen molar-refractivity contribution >= 4 is 0 Å². The standard InChI is InChI=1S/C24H37F11O2/c25-20(26,21(27,28)22(29,30)23(31,32)24(33,34)35)15-10-7-5-3-1-2-4-6-8-11-16-36-18-14-19-13-9-12-17-37-19/h19H,1-18H2. The molecule has 0 spiro atoms. The molecule has 0 aromatic carbocycles. The molecule has 37 heavy (non-hydrogen) atoms. The Balaban J connectivity index is 2.10. The monoisotopic (exact) mass is 566 g/mol. The van der Waals surface area contributed by atoms with Gasteiger partial charge in [0.15, 0.2) is 0 Å². The summed E-state index contributed by atoms with van der Waals surface area (Å²) in [6, 6.07) is 0. The Hall–Kier alpha value is -0.850. The molecule has 0 amide bonds. The highest BCUT2D eigenvalue weighted by Crippen LogP contribution is 2.58. The quantitative estimate of drug-likeness (QED) is 0.115. The molecule has 0 bridgehead atoms. The van der Waals surface area contributed by atoms with E-state index in [0.717, 1.165) is 64.4 Å². The first-order chi connectivity index (χ1) is 17.1. The Morgan fingerprint density at radius 1 is 0.568 bits per heavy atom. The van der Waals surface area contributed by atoms with E-state index in [0.29, 0.717) is 32.2 Å². The SMILES string of the molecule is FC(F)(F)C(F)(F)C(F)(F)C(F)(F)C(F)(F)CCCCCCCCCCCCOCCC1CCCCO1. The summed E-state index contributed by atoms with van der Waals surface area (Å²) in [7, 11) is 0. The molecule has 222 valence electrons. The van der Waals surface area contributed by atoms with E-state index in [1.54, 1.807) is 0 Å². The number of hydrogen-bond acceptors (Lipinski definition) is 2. The summed E-state index contributed by atoms with van der Waals surface area (Å²) in [5.74, 6) is -27.2. The molecule has 1 heterocycles. The Morgan fingerprint density at radius 3 is 1.57 bits per heavy atom. The normalized spacial score (nSPS) is 18.4. The second-order valence-corrected chi connectivity index (χ2v) is 9.60. The van der Waals surface area contributed by atoms with Gasteiger partial charge in [0.05, 0.1) is 6.10 Å². The van der Waals surface area contributed by atoms with Gasteiger partial charge in [-0.2, -0.15) is 48.3 Å². The third kappa shape index (κ3) is 10.0. The topological polar surface area (TPSA) is 18.5 Å². The molecule has 0 radical (unpaired) electrons. The zero-order valence-corrected chi connectivity index (χ0v) is 20.8. The summed E-state index contributed by atoms with van der Waals surface area (Å²) in [4.78, 5) is 0. The van der Waals surface area contributed by atoms with E-state index in [-0.39, 0.29) is 6.42 Å². The maximum atomic E-state index is 13.6. The maximum Gasteiger partial charge on any atom is 0.460 e. The van der Waals surface area contributed by atoms with Gasteiger partial charge in [-0.3, -0.25) is 0 Å². The summed E-state index contributed by atoms with van der Waals surface area (Å²) in [5.41, 5.74) is 0. The number of rotatable bonds is 19. The van der Waals surface area contributed by atoms with E-state index in [4.69, 9.17) is 9.47 Å². The molecule has 1 atom stereocenters. The molecule has 1 aliphatic rings. The second-order valence-electron chi connectivity index (χ2n) is 9.60. The molecule has 1 rings (SSSR count). The molecule has 1 aliphatic heterocycles. The van der Waals surface area contributed by atoms with Crippen LogP contribution in [0.15, 0.2) is 0 Å². The van der Waals surface area contributed by atoms with Crippen molar-refractivity contribution in [1.29, 1.82) is 0 Å². The molecule has 0 aliphatic carbocycles. The Kier molecular flexibility index (Phi) is 13.9. The number of ether oxygens (including phenoxy) is 2. The first-order valence-electron chi connectivity index (χ1n) is 12.9. The van der Waals surface area contributed by atoms with Gasteiger partial charge in [-0.15, -0.1) is 0 Å². The van der Waals surface area contributed by atoms with Crippen LogP contribution in [0.4, 0.5) is 48.3 Å². The number of hydrogen-bond donors (Lipinski definition) is 0. The van der Waals surface area contributed by atoms with Crippen LogP contribution < -0.4 is 0 Å². The van der Waals surface area contributed by atoms with Crippen LogP contribution in [0.1, 0.15) is 96.3 Å². The molecule has 0 aromatic rings. The van der Waals surface area contributed by atoms with E-state index >= 15 is 0 Å². The third-order valence-corrected chi connectivity index (χ3v) is 6.49. The van der Waals surface area contributed by atoms with Crippen LogP contribution in [0.5, 0.6) is 0 Å². The van der Waals surface area contributed by atoms with Gasteiger partial charge in [-0.25, -0.2) is 0 Å². The Labute approximate surface area is 210 Å². The summed E-state index contributed by atoms with van der Waals surface area (Å²) in [6.07, 6.45) is 1.05. The number of unbranched alkanes of at least 4 members (excludes halogenated alkanes) is 9.